The van der Waals surface area contributed by atoms with Crippen molar-refractivity contribution in [3.05, 3.63) is 11.6 Å². The van der Waals surface area contributed by atoms with Gasteiger partial charge in [0.15, 0.2) is 0 Å². The molecule has 0 aromatic heterocycles. The zero-order chi connectivity index (χ0) is 6.57. The zero-order valence-electron chi connectivity index (χ0n) is 5.19. The molecular weight excluding hydrogens is 124 g/mol. The van der Waals surface area contributed by atoms with Gasteiger partial charge in [0.2, 0.25) is 0 Å². The molecule has 0 saturated heterocycles. The number of hydrogen-bond donors (Lipinski definition) is 1. The summed E-state index contributed by atoms with van der Waals surface area (Å²) < 4.78 is 0. The molecule has 0 radical (unpaired) electrons. The average molecular weight is 135 g/mol. The van der Waals surface area contributed by atoms with Crippen LogP contribution in [0.15, 0.2) is 11.6 Å². The molecule has 0 aliphatic rings. The van der Waals surface area contributed by atoms with E-state index in [1.165, 1.54) is 0 Å². The van der Waals surface area contributed by atoms with E-state index in [1.807, 2.05) is 13.8 Å². The van der Waals surface area contributed by atoms with Crippen LogP contribution in [-0.2, 0) is 0 Å². The molecule has 1 atom stereocenters. The minimum atomic E-state index is -0.471. The van der Waals surface area contributed by atoms with Crippen LogP contribution >= 0.6 is 11.6 Å². The zero-order valence-corrected chi connectivity index (χ0v) is 5.94. The van der Waals surface area contributed by atoms with Crippen LogP contribution in [0.4, 0.5) is 0 Å². The Balaban J connectivity index is 3.51. The van der Waals surface area contributed by atoms with Gasteiger partial charge in [-0.05, 0) is 13.8 Å². The summed E-state index contributed by atoms with van der Waals surface area (Å²) >= 11 is 5.30. The molecule has 0 fully saturated rings. The SMILES string of the molecule is CC(C)=CC(O)CCl. The van der Waals surface area contributed by atoms with Gasteiger partial charge in [-0.15, -0.1) is 11.6 Å². The molecule has 0 bridgehead atoms. The van der Waals surface area contributed by atoms with Crippen LogP contribution < -0.4 is 0 Å². The van der Waals surface area contributed by atoms with E-state index in [0.29, 0.717) is 0 Å². The van der Waals surface area contributed by atoms with E-state index in [9.17, 15) is 0 Å². The number of aliphatic hydroxyl groups excluding tert-OH is 1. The number of alkyl halides is 1. The van der Waals surface area contributed by atoms with Crippen LogP contribution in [0.1, 0.15) is 13.8 Å². The van der Waals surface area contributed by atoms with E-state index in [2.05, 4.69) is 0 Å². The van der Waals surface area contributed by atoms with Crippen molar-refractivity contribution < 1.29 is 5.11 Å². The highest BCUT2D eigenvalue weighted by Crippen LogP contribution is 1.95. The van der Waals surface area contributed by atoms with Crippen LogP contribution in [0.5, 0.6) is 0 Å². The molecule has 1 nitrogen and oxygen atoms in total. The van der Waals surface area contributed by atoms with Gasteiger partial charge in [-0.25, -0.2) is 0 Å². The molecule has 0 aliphatic heterocycles. The van der Waals surface area contributed by atoms with Gasteiger partial charge in [0.05, 0.1) is 12.0 Å². The van der Waals surface area contributed by atoms with Crippen molar-refractivity contribution in [2.24, 2.45) is 0 Å². The van der Waals surface area contributed by atoms with Crippen molar-refractivity contribution in [2.45, 2.75) is 20.0 Å². The Morgan fingerprint density at radius 3 is 2.38 bits per heavy atom. The average Bonchev–Trinajstić information content (AvgIpc) is 1.65. The summed E-state index contributed by atoms with van der Waals surface area (Å²) in [4.78, 5) is 0. The highest BCUT2D eigenvalue weighted by molar-refractivity contribution is 6.18. The molecule has 8 heavy (non-hydrogen) atoms. The lowest BCUT2D eigenvalue weighted by Gasteiger charge is -1.97. The normalized spacial score (nSPS) is 13.0. The first kappa shape index (κ1) is 7.99. The maximum Gasteiger partial charge on any atom is 0.0858 e. The fourth-order valence-corrected chi connectivity index (χ4v) is 0.518. The minimum absolute atomic E-state index is 0.283. The summed E-state index contributed by atoms with van der Waals surface area (Å²) in [5, 5.41) is 8.82. The van der Waals surface area contributed by atoms with Crippen LogP contribution in [0.25, 0.3) is 0 Å². The maximum atomic E-state index is 8.82. The number of halogens is 1. The van der Waals surface area contributed by atoms with Crippen LogP contribution in [0.2, 0.25) is 0 Å². The molecule has 48 valence electrons. The van der Waals surface area contributed by atoms with Crippen molar-refractivity contribution in [3.63, 3.8) is 0 Å². The van der Waals surface area contributed by atoms with Crippen LogP contribution in [0, 0.1) is 0 Å². The Morgan fingerprint density at radius 2 is 2.25 bits per heavy atom. The van der Waals surface area contributed by atoms with Crippen molar-refractivity contribution in [1.82, 2.24) is 0 Å². The first-order valence-electron chi connectivity index (χ1n) is 2.56. The van der Waals surface area contributed by atoms with Gasteiger partial charge >= 0.3 is 0 Å². The molecule has 0 saturated carbocycles. The van der Waals surface area contributed by atoms with Gasteiger partial charge in [-0.2, -0.15) is 0 Å². The van der Waals surface area contributed by atoms with E-state index in [1.54, 1.807) is 6.08 Å². The second-order valence-electron chi connectivity index (χ2n) is 1.97. The van der Waals surface area contributed by atoms with Gasteiger partial charge in [0, 0.05) is 0 Å². The number of allylic oxidation sites excluding steroid dienone is 1. The van der Waals surface area contributed by atoms with Crippen molar-refractivity contribution in [1.29, 1.82) is 0 Å². The topological polar surface area (TPSA) is 20.2 Å². The predicted octanol–water partition coefficient (Wildman–Crippen LogP) is 1.55. The molecule has 2 heteroatoms. The smallest absolute Gasteiger partial charge is 0.0858 e. The Hall–Kier alpha value is -0.0100. The molecule has 0 aliphatic carbocycles. The van der Waals surface area contributed by atoms with E-state index >= 15 is 0 Å². The van der Waals surface area contributed by atoms with Gasteiger partial charge < -0.3 is 5.11 Å². The van der Waals surface area contributed by atoms with Crippen molar-refractivity contribution >= 4 is 11.6 Å². The number of rotatable bonds is 2. The number of aliphatic hydroxyl groups is 1. The summed E-state index contributed by atoms with van der Waals surface area (Å²) in [6, 6.07) is 0. The van der Waals surface area contributed by atoms with Gasteiger partial charge in [0.1, 0.15) is 0 Å². The molecular formula is C6H11ClO. The quantitative estimate of drug-likeness (QED) is 0.449. The summed E-state index contributed by atoms with van der Waals surface area (Å²) in [5.74, 6) is 0.283. The first-order valence-corrected chi connectivity index (χ1v) is 3.09. The van der Waals surface area contributed by atoms with Gasteiger partial charge in [-0.3, -0.25) is 0 Å². The summed E-state index contributed by atoms with van der Waals surface area (Å²) in [5.41, 5.74) is 1.10. The lowest BCUT2D eigenvalue weighted by atomic mass is 10.2. The standard InChI is InChI=1S/C6H11ClO/c1-5(2)3-6(8)4-7/h3,6,8H,4H2,1-2H3. The van der Waals surface area contributed by atoms with E-state index in [4.69, 9.17) is 16.7 Å². The highest BCUT2D eigenvalue weighted by Gasteiger charge is 1.93. The van der Waals surface area contributed by atoms with Gasteiger partial charge in [-0.1, -0.05) is 11.6 Å². The van der Waals surface area contributed by atoms with E-state index in [-0.39, 0.29) is 5.88 Å². The third kappa shape index (κ3) is 4.16. The predicted molar refractivity (Wildman–Crippen MR) is 36.2 cm³/mol. The Morgan fingerprint density at radius 1 is 1.75 bits per heavy atom. The van der Waals surface area contributed by atoms with Crippen LogP contribution in [0.3, 0.4) is 0 Å². The minimum Gasteiger partial charge on any atom is -0.388 e. The molecule has 0 spiro atoms. The largest absolute Gasteiger partial charge is 0.388 e. The van der Waals surface area contributed by atoms with E-state index in [0.717, 1.165) is 5.57 Å². The monoisotopic (exact) mass is 134 g/mol. The molecule has 0 aromatic carbocycles. The fraction of sp³-hybridized carbons (Fsp3) is 0.667. The number of hydrogen-bond acceptors (Lipinski definition) is 1. The van der Waals surface area contributed by atoms with Crippen molar-refractivity contribution in [3.8, 4) is 0 Å². The Kier molecular flexibility index (Phi) is 3.92. The van der Waals surface area contributed by atoms with E-state index < -0.39 is 6.10 Å². The lowest BCUT2D eigenvalue weighted by molar-refractivity contribution is 0.246. The van der Waals surface area contributed by atoms with Crippen molar-refractivity contribution in [2.75, 3.05) is 5.88 Å². The molecule has 1 N–H and O–H groups in total. The second kappa shape index (κ2) is 3.93. The first-order chi connectivity index (χ1) is 3.66. The molecule has 0 rings (SSSR count). The molecule has 1 unspecified atom stereocenters. The lowest BCUT2D eigenvalue weighted by Crippen LogP contribution is -2.03. The highest BCUT2D eigenvalue weighted by atomic mass is 35.5. The molecule has 0 amide bonds. The fourth-order valence-electron chi connectivity index (χ4n) is 0.429. The third-order valence-electron chi connectivity index (χ3n) is 0.684. The molecule has 0 heterocycles. The molecule has 0 aromatic rings. The Labute approximate surface area is 55.0 Å². The van der Waals surface area contributed by atoms with Gasteiger partial charge in [0.25, 0.3) is 0 Å². The summed E-state index contributed by atoms with van der Waals surface area (Å²) in [6.45, 7) is 3.85. The summed E-state index contributed by atoms with van der Waals surface area (Å²) in [6.07, 6.45) is 1.26. The third-order valence-corrected chi connectivity index (χ3v) is 1.00. The maximum absolute atomic E-state index is 8.82. The summed E-state index contributed by atoms with van der Waals surface area (Å²) in [7, 11) is 0. The Bertz CT molecular complexity index is 84.5. The van der Waals surface area contributed by atoms with Crippen LogP contribution in [-0.4, -0.2) is 17.1 Å². The second-order valence-corrected chi connectivity index (χ2v) is 2.27.